The quantitative estimate of drug-likeness (QED) is 0.0508. The number of morpholine rings is 1. The monoisotopic (exact) mass is 2020 g/mol. The molecule has 21 rings (SSSR count). The fourth-order valence-corrected chi connectivity index (χ4v) is 26.0. The van der Waals surface area contributed by atoms with Gasteiger partial charge < -0.3 is 101 Å². The molecule has 37 heteroatoms. The lowest BCUT2D eigenvalue weighted by molar-refractivity contribution is 0.0973. The number of para-hydroxylation sites is 1. The van der Waals surface area contributed by atoms with Crippen LogP contribution >= 0.6 is 11.6 Å². The van der Waals surface area contributed by atoms with E-state index >= 15 is 0 Å². The van der Waals surface area contributed by atoms with E-state index in [0.29, 0.717) is 116 Å². The molecule has 11 fully saturated rings. The predicted molar refractivity (Wildman–Crippen MR) is 585 cm³/mol. The summed E-state index contributed by atoms with van der Waals surface area (Å²) >= 11 is 5.97. The number of aryl methyl sites for hydroxylation is 2. The average Bonchev–Trinajstić information content (AvgIpc) is 1.46. The maximum absolute atomic E-state index is 13.3. The molecule has 4 saturated carbocycles. The molecule has 146 heavy (non-hydrogen) atoms. The van der Waals surface area contributed by atoms with Gasteiger partial charge in [0.1, 0.15) is 40.0 Å². The van der Waals surface area contributed by atoms with Crippen LogP contribution < -0.4 is 119 Å². The van der Waals surface area contributed by atoms with Gasteiger partial charge in [0, 0.05) is 184 Å². The highest BCUT2D eigenvalue weighted by molar-refractivity contribution is 6.29. The first-order chi connectivity index (χ1) is 69.7. The molecule has 0 radical (unpaired) electrons. The Kier molecular flexibility index (Phi) is 31.0. The van der Waals surface area contributed by atoms with Gasteiger partial charge in [-0.25, -0.2) is 4.98 Å². The zero-order valence-electron chi connectivity index (χ0n) is 87.5. The van der Waals surface area contributed by atoms with E-state index in [1.54, 1.807) is 89.7 Å². The second-order valence-corrected chi connectivity index (χ2v) is 44.2. The minimum Gasteiger partial charge on any atom is -0.496 e. The highest BCUT2D eigenvalue weighted by atomic mass is 35.5. The molecule has 20 N–H and O–H groups in total. The van der Waals surface area contributed by atoms with Crippen molar-refractivity contribution in [1.82, 2.24) is 57.7 Å². The first kappa shape index (κ1) is 105. The summed E-state index contributed by atoms with van der Waals surface area (Å²) in [6.07, 6.45) is 23.1. The molecular formula is C109H153ClN28O8. The lowest BCUT2D eigenvalue weighted by Crippen LogP contribution is -2.51. The average molecular weight is 2020 g/mol. The molecule has 784 valence electrons. The van der Waals surface area contributed by atoms with Crippen LogP contribution in [0.15, 0.2) is 133 Å². The molecule has 0 unspecified atom stereocenters. The second-order valence-electron chi connectivity index (χ2n) is 43.9. The molecule has 14 heterocycles. The molecule has 7 aromatic heterocycles. The van der Waals surface area contributed by atoms with Crippen molar-refractivity contribution in [1.29, 1.82) is 0 Å². The Labute approximate surface area is 860 Å². The normalized spacial score (nSPS) is 24.2. The van der Waals surface area contributed by atoms with Crippen molar-refractivity contribution in [2.45, 2.75) is 200 Å². The lowest BCUT2D eigenvalue weighted by atomic mass is 9.73. The third kappa shape index (κ3) is 20.3. The number of halogens is 1. The number of ether oxygens (including phenoxy) is 3. The maximum Gasteiger partial charge on any atom is 0.264 e. The Bertz CT molecular complexity index is 6540. The van der Waals surface area contributed by atoms with E-state index < -0.39 is 0 Å². The number of rotatable bonds is 12. The molecule has 11 aliphatic rings. The summed E-state index contributed by atoms with van der Waals surface area (Å²) in [5, 5.41) is 0.312. The number of nitrogens with two attached hydrogens (primary N) is 10. The van der Waals surface area contributed by atoms with Gasteiger partial charge in [-0.1, -0.05) is 106 Å². The van der Waals surface area contributed by atoms with Crippen molar-refractivity contribution in [3.8, 4) is 61.4 Å². The smallest absolute Gasteiger partial charge is 0.264 e. The Balaban J connectivity index is 0.000000125. The van der Waals surface area contributed by atoms with E-state index in [1.165, 1.54) is 51.4 Å². The zero-order valence-corrected chi connectivity index (χ0v) is 88.2. The summed E-state index contributed by atoms with van der Waals surface area (Å²) < 4.78 is 24.7. The first-order valence-corrected chi connectivity index (χ1v) is 52.8. The number of hydrogen-bond acceptors (Lipinski definition) is 31. The molecule has 7 aliphatic heterocycles. The Hall–Kier alpha value is -12.0. The SMILES string of the molecule is COc1ccccc1-c1c(N)nc(N2CCC3(CC[C@@H](C)[C@H]3N)CC2)n(C)c1=O.C[C@@H]1CCC2(CCN(c3nc(N)c(-c4ccnc(Cl)c4)c(=O)n3C)CC2)[C@@H]1N.C[C@@H]1OCC2(CCN(c3nc(N)c(-c4ccc(N5CCOCC5)cc4)c(=O)n3C)CC2)[C@@H]1N.Cc1cccc(-c2c(N)nc(N3CCC4(CC[C@@H](C)[C@H]4N)CC3)n(C)c2=O)c1.Cc1ncccc1-c1c(N)nc(N2CCC3(CC[C@@H](C)[C@H]3N)CC2)n(C)c1=O. The highest BCUT2D eigenvalue weighted by Gasteiger charge is 2.53. The third-order valence-corrected chi connectivity index (χ3v) is 35.9. The van der Waals surface area contributed by atoms with E-state index in [1.807, 2.05) is 106 Å². The van der Waals surface area contributed by atoms with Crippen LogP contribution in [0.25, 0.3) is 55.6 Å². The zero-order chi connectivity index (χ0) is 104. The number of piperidine rings is 5. The fraction of sp³-hybridized carbons (Fsp3) is 0.560. The first-order valence-electron chi connectivity index (χ1n) is 52.4. The van der Waals surface area contributed by atoms with E-state index in [4.69, 9.17) is 83.1 Å². The number of benzene rings is 3. The van der Waals surface area contributed by atoms with Crippen molar-refractivity contribution >= 4 is 76.1 Å². The summed E-state index contributed by atoms with van der Waals surface area (Å²) in [5.74, 6) is 7.39. The number of nitrogen functional groups attached to an aromatic ring is 5. The highest BCUT2D eigenvalue weighted by Crippen LogP contribution is 2.54. The molecule has 0 bridgehead atoms. The topological polar surface area (TPSA) is 508 Å². The van der Waals surface area contributed by atoms with Gasteiger partial charge in [0.25, 0.3) is 27.8 Å². The van der Waals surface area contributed by atoms with Crippen LogP contribution in [0.3, 0.4) is 0 Å². The summed E-state index contributed by atoms with van der Waals surface area (Å²) in [5.41, 5.74) is 72.9. The fourth-order valence-electron chi connectivity index (χ4n) is 25.8. The second kappa shape index (κ2) is 43.0. The summed E-state index contributed by atoms with van der Waals surface area (Å²) in [6.45, 7) is 27.2. The minimum atomic E-state index is -0.184. The Morgan fingerprint density at radius 3 is 1.04 bits per heavy atom. The van der Waals surface area contributed by atoms with Gasteiger partial charge in [-0.2, -0.15) is 24.9 Å². The van der Waals surface area contributed by atoms with Gasteiger partial charge in [-0.15, -0.1) is 0 Å². The molecule has 10 aromatic rings. The molecule has 5 spiro atoms. The van der Waals surface area contributed by atoms with Crippen molar-refractivity contribution < 1.29 is 14.2 Å². The molecule has 0 amide bonds. The number of pyridine rings is 2. The molecule has 3 aromatic carbocycles. The van der Waals surface area contributed by atoms with Crippen LogP contribution in [0.5, 0.6) is 5.75 Å². The van der Waals surface area contributed by atoms with Gasteiger partial charge in [-0.3, -0.25) is 51.8 Å². The van der Waals surface area contributed by atoms with Crippen LogP contribution in [0, 0.1) is 64.6 Å². The van der Waals surface area contributed by atoms with Gasteiger partial charge >= 0.3 is 0 Å². The number of aromatic nitrogens is 12. The van der Waals surface area contributed by atoms with Crippen molar-refractivity contribution in [2.24, 2.45) is 115 Å². The van der Waals surface area contributed by atoms with Crippen molar-refractivity contribution in [2.75, 3.05) is 164 Å². The number of nitrogens with zero attached hydrogens (tertiary/aromatic N) is 18. The van der Waals surface area contributed by atoms with E-state index in [-0.39, 0.29) is 114 Å². The van der Waals surface area contributed by atoms with Crippen molar-refractivity contribution in [3.05, 3.63) is 178 Å². The largest absolute Gasteiger partial charge is 0.496 e. The van der Waals surface area contributed by atoms with Crippen LogP contribution in [-0.4, -0.2) is 200 Å². The summed E-state index contributed by atoms with van der Waals surface area (Å²) in [6, 6.07) is 31.3. The Morgan fingerprint density at radius 2 is 0.699 bits per heavy atom. The molecule has 36 nitrogen and oxygen atoms in total. The maximum atomic E-state index is 13.3. The van der Waals surface area contributed by atoms with E-state index in [9.17, 15) is 24.0 Å². The van der Waals surface area contributed by atoms with E-state index in [2.05, 4.69) is 92.0 Å². The Morgan fingerprint density at radius 1 is 0.356 bits per heavy atom. The molecule has 7 saturated heterocycles. The summed E-state index contributed by atoms with van der Waals surface area (Å²) in [7, 11) is 10.4. The van der Waals surface area contributed by atoms with Crippen LogP contribution in [0.1, 0.15) is 161 Å². The predicted octanol–water partition coefficient (Wildman–Crippen LogP) is 10.8. The molecular weight excluding hydrogens is 1860 g/mol. The van der Waals surface area contributed by atoms with Crippen molar-refractivity contribution in [3.63, 3.8) is 0 Å². The standard InChI is InChI=1S/C24H34N6O3.C22H31N5O2.C22H31N5O.C21H30N6O.C20H27ClN6O/c1-16-20(25)24(15-33-16)7-9-30(10-8-24)23-27-21(26)19(22(31)28(23)2)17-3-5-18(6-4-17)29-11-13-32-14-12-29;1-14-8-9-22(18(14)23)10-12-27(13-11-22)21-25-19(24)17(20(28)26(21)2)15-6-4-5-7-16(15)29-3;1-14-5-4-6-16(13-14)17-19(24)25-21(26(3)20(17)28)27-11-9-22(10-12-27)8-7-15(2)18(22)23;1-13-6-7-21(17(13)22)8-11-27(12-9-21)20-25-18(23)16(19(28)26(20)3)15-5-4-10-24-14(15)2;1-12-3-5-20(16(12)22)6-9-27(10-7-20)19-25-17(23)15(18(28)26(19)2)13-4-8-24-14(21)11-13/h3-6,16,20H,7-15,25-26H2,1-2H3;4-7,14,18H,8-13,23-24H2,1-3H3;4-6,13,15,18H,7-12,23-24H2,1-3H3;4-5,10,13,17H,6-9,11-12,22-23H2,1-3H3;4,8,11-12,16H,3,5-7,9-10,22-23H2,1-2H3/t16-,20+;14-,18-;15-,18-;13-,17-;12-,16-/m01111/s1. The van der Waals surface area contributed by atoms with E-state index in [0.717, 1.165) is 190 Å². The van der Waals surface area contributed by atoms with Crippen LogP contribution in [0.2, 0.25) is 5.15 Å². The number of anilines is 11. The summed E-state index contributed by atoms with van der Waals surface area (Å²) in [4.78, 5) is 110. The third-order valence-electron chi connectivity index (χ3n) is 35.7. The minimum absolute atomic E-state index is 0.0164. The van der Waals surface area contributed by atoms with Crippen LogP contribution in [-0.2, 0) is 44.7 Å². The molecule has 10 atom stereocenters. The molecule has 4 aliphatic carbocycles. The van der Waals surface area contributed by atoms with Gasteiger partial charge in [0.05, 0.1) is 60.9 Å². The number of hydrogen-bond donors (Lipinski definition) is 10. The lowest BCUT2D eigenvalue weighted by Gasteiger charge is -2.43. The van der Waals surface area contributed by atoms with Crippen LogP contribution in [0.4, 0.5) is 64.5 Å². The van der Waals surface area contributed by atoms with Gasteiger partial charge in [0.2, 0.25) is 29.7 Å². The number of methoxy groups -OCH3 is 1. The van der Waals surface area contributed by atoms with Gasteiger partial charge in [-0.05, 0) is 235 Å². The van der Waals surface area contributed by atoms with Gasteiger partial charge in [0.15, 0.2) is 0 Å².